The first-order chi connectivity index (χ1) is 16.6. The van der Waals surface area contributed by atoms with Crippen molar-refractivity contribution in [3.05, 3.63) is 60.2 Å². The van der Waals surface area contributed by atoms with Gasteiger partial charge >= 0.3 is 0 Å². The molecule has 0 unspecified atom stereocenters. The second kappa shape index (κ2) is 7.52. The number of thioether (sulfide) groups is 1. The number of aromatic nitrogens is 1. The number of anilines is 2. The molecule has 1 saturated heterocycles. The van der Waals surface area contributed by atoms with Crippen LogP contribution in [0.5, 0.6) is 0 Å². The molecule has 3 amide bonds. The number of rotatable bonds is 4. The first-order valence-electron chi connectivity index (χ1n) is 11.6. The lowest BCUT2D eigenvalue weighted by Gasteiger charge is -2.17. The van der Waals surface area contributed by atoms with Crippen LogP contribution in [0, 0.1) is 23.7 Å². The summed E-state index contributed by atoms with van der Waals surface area (Å²) in [4.78, 5) is 47.0. The molecule has 0 radical (unpaired) electrons. The van der Waals surface area contributed by atoms with Crippen LogP contribution >= 0.6 is 23.1 Å². The maximum atomic E-state index is 13.1. The van der Waals surface area contributed by atoms with Crippen LogP contribution in [0.1, 0.15) is 12.0 Å². The molecule has 2 fully saturated rings. The first kappa shape index (κ1) is 20.4. The minimum absolute atomic E-state index is 0.0678. The Hall–Kier alpha value is -2.97. The number of amides is 3. The van der Waals surface area contributed by atoms with Crippen molar-refractivity contribution in [2.24, 2.45) is 23.7 Å². The summed E-state index contributed by atoms with van der Waals surface area (Å²) in [5, 5.41) is 0. The molecule has 1 aromatic heterocycles. The zero-order valence-electron chi connectivity index (χ0n) is 18.2. The fraction of sp³-hybridized carbons (Fsp3) is 0.308. The summed E-state index contributed by atoms with van der Waals surface area (Å²) in [6.07, 6.45) is 6.04. The summed E-state index contributed by atoms with van der Waals surface area (Å²) in [5.74, 6) is 0.267. The van der Waals surface area contributed by atoms with Crippen molar-refractivity contribution in [2.45, 2.75) is 17.2 Å². The van der Waals surface area contributed by atoms with Crippen LogP contribution in [-0.2, 0) is 20.8 Å². The third-order valence-electron chi connectivity index (χ3n) is 7.59. The molecule has 2 aliphatic carbocycles. The second-order valence-corrected chi connectivity index (χ2v) is 11.6. The number of para-hydroxylation sites is 1. The van der Waals surface area contributed by atoms with Gasteiger partial charge in [0.25, 0.3) is 0 Å². The zero-order chi connectivity index (χ0) is 23.0. The SMILES string of the molecule is O=C(CSc1nc2ccc(N3C(=O)[C@@H]4[C@H](C3=O)[C@H]3C=C[C@H]4C3)cc2s1)N1CCc2ccccc21. The van der Waals surface area contributed by atoms with Crippen LogP contribution in [0.25, 0.3) is 10.2 Å². The smallest absolute Gasteiger partial charge is 0.238 e. The van der Waals surface area contributed by atoms with E-state index in [4.69, 9.17) is 0 Å². The quantitative estimate of drug-likeness (QED) is 0.312. The van der Waals surface area contributed by atoms with Gasteiger partial charge in [0.15, 0.2) is 4.34 Å². The predicted octanol–water partition coefficient (Wildman–Crippen LogP) is 4.29. The Labute approximate surface area is 204 Å². The molecular weight excluding hydrogens is 466 g/mol. The molecule has 3 aromatic rings. The Bertz CT molecular complexity index is 1380. The highest BCUT2D eigenvalue weighted by Gasteiger charge is 2.59. The molecule has 2 aromatic carbocycles. The molecular formula is C26H21N3O3S2. The van der Waals surface area contributed by atoms with Gasteiger partial charge in [-0.2, -0.15) is 0 Å². The summed E-state index contributed by atoms with van der Waals surface area (Å²) in [6.45, 7) is 0.721. The highest BCUT2D eigenvalue weighted by atomic mass is 32.2. The van der Waals surface area contributed by atoms with E-state index in [0.717, 1.165) is 39.6 Å². The number of benzene rings is 2. The van der Waals surface area contributed by atoms with Gasteiger partial charge in [-0.1, -0.05) is 42.1 Å². The number of fused-ring (bicyclic) bond motifs is 7. The Morgan fingerprint density at radius 1 is 1.06 bits per heavy atom. The van der Waals surface area contributed by atoms with Crippen molar-refractivity contribution in [1.82, 2.24) is 4.98 Å². The standard InChI is InChI=1S/C26H21N3O3S2/c30-21(28-10-9-14-3-1-2-4-19(14)28)13-33-26-27-18-8-7-17(12-20(18)34-26)29-24(31)22-15-5-6-16(11-15)23(22)25(29)32/h1-8,12,15-16,22-23H,9-11,13H2/t15-,16-,22-,23+/m0/s1. The van der Waals surface area contributed by atoms with Crippen molar-refractivity contribution in [3.8, 4) is 0 Å². The van der Waals surface area contributed by atoms with Crippen LogP contribution in [0.2, 0.25) is 0 Å². The minimum Gasteiger partial charge on any atom is -0.311 e. The third-order valence-corrected chi connectivity index (χ3v) is 9.73. The molecule has 1 saturated carbocycles. The fourth-order valence-electron chi connectivity index (χ4n) is 6.05. The van der Waals surface area contributed by atoms with E-state index in [9.17, 15) is 14.4 Å². The number of hydrogen-bond acceptors (Lipinski definition) is 6. The third kappa shape index (κ3) is 2.94. The number of nitrogens with zero attached hydrogens (tertiary/aromatic N) is 3. The van der Waals surface area contributed by atoms with E-state index in [1.165, 1.54) is 33.6 Å². The van der Waals surface area contributed by atoms with Crippen molar-refractivity contribution >= 4 is 62.4 Å². The van der Waals surface area contributed by atoms with Gasteiger partial charge in [0, 0.05) is 12.2 Å². The molecule has 4 atom stereocenters. The van der Waals surface area contributed by atoms with Gasteiger partial charge in [-0.05, 0) is 54.5 Å². The van der Waals surface area contributed by atoms with Crippen LogP contribution < -0.4 is 9.80 Å². The van der Waals surface area contributed by atoms with Crippen LogP contribution in [0.4, 0.5) is 11.4 Å². The van der Waals surface area contributed by atoms with Gasteiger partial charge in [0.05, 0.1) is 33.5 Å². The molecule has 170 valence electrons. The van der Waals surface area contributed by atoms with E-state index in [0.29, 0.717) is 11.4 Å². The number of carbonyl (C=O) groups excluding carboxylic acids is 3. The van der Waals surface area contributed by atoms with Gasteiger partial charge in [-0.3, -0.25) is 14.4 Å². The Morgan fingerprint density at radius 3 is 2.62 bits per heavy atom. The number of allylic oxidation sites excluding steroid dienone is 2. The predicted molar refractivity (Wildman–Crippen MR) is 133 cm³/mol. The minimum atomic E-state index is -0.201. The maximum absolute atomic E-state index is 13.1. The zero-order valence-corrected chi connectivity index (χ0v) is 19.8. The lowest BCUT2D eigenvalue weighted by atomic mass is 9.85. The molecule has 2 bridgehead atoms. The van der Waals surface area contributed by atoms with Crippen LogP contribution in [-0.4, -0.2) is 35.0 Å². The van der Waals surface area contributed by atoms with Crippen molar-refractivity contribution < 1.29 is 14.4 Å². The molecule has 4 aliphatic rings. The highest BCUT2D eigenvalue weighted by molar-refractivity contribution is 8.01. The summed E-state index contributed by atoms with van der Waals surface area (Å²) in [5.41, 5.74) is 3.67. The van der Waals surface area contributed by atoms with Gasteiger partial charge in [-0.25, -0.2) is 9.88 Å². The van der Waals surface area contributed by atoms with Crippen molar-refractivity contribution in [1.29, 1.82) is 0 Å². The Kier molecular flexibility index (Phi) is 4.51. The van der Waals surface area contributed by atoms with Crippen molar-refractivity contribution in [2.75, 3.05) is 22.1 Å². The number of thiazole rings is 1. The molecule has 3 heterocycles. The number of carbonyl (C=O) groups is 3. The maximum Gasteiger partial charge on any atom is 0.238 e. The van der Waals surface area contributed by atoms with E-state index in [1.807, 2.05) is 41.3 Å². The second-order valence-electron chi connectivity index (χ2n) is 9.36. The molecule has 34 heavy (non-hydrogen) atoms. The first-order valence-corrected chi connectivity index (χ1v) is 13.4. The summed E-state index contributed by atoms with van der Waals surface area (Å²) >= 11 is 2.93. The largest absolute Gasteiger partial charge is 0.311 e. The molecule has 0 spiro atoms. The average Bonchev–Trinajstić information content (AvgIpc) is 3.65. The Balaban J connectivity index is 1.09. The fourth-order valence-corrected chi connectivity index (χ4v) is 8.03. The van der Waals surface area contributed by atoms with Gasteiger partial charge in [-0.15, -0.1) is 11.3 Å². The van der Waals surface area contributed by atoms with E-state index in [-0.39, 0.29) is 41.4 Å². The van der Waals surface area contributed by atoms with Crippen molar-refractivity contribution in [3.63, 3.8) is 0 Å². The summed E-state index contributed by atoms with van der Waals surface area (Å²) < 4.78 is 1.73. The van der Waals surface area contributed by atoms with Crippen LogP contribution in [0.15, 0.2) is 59.0 Å². The summed E-state index contributed by atoms with van der Waals surface area (Å²) in [6, 6.07) is 13.6. The van der Waals surface area contributed by atoms with E-state index < -0.39 is 0 Å². The topological polar surface area (TPSA) is 70.6 Å². The lowest BCUT2D eigenvalue weighted by molar-refractivity contribution is -0.123. The molecule has 0 N–H and O–H groups in total. The number of imide groups is 1. The van der Waals surface area contributed by atoms with E-state index >= 15 is 0 Å². The van der Waals surface area contributed by atoms with Crippen LogP contribution in [0.3, 0.4) is 0 Å². The van der Waals surface area contributed by atoms with Gasteiger partial charge in [0.1, 0.15) is 0 Å². The average molecular weight is 488 g/mol. The molecule has 8 heteroatoms. The number of hydrogen-bond donors (Lipinski definition) is 0. The molecule has 7 rings (SSSR count). The Morgan fingerprint density at radius 2 is 1.82 bits per heavy atom. The van der Waals surface area contributed by atoms with E-state index in [1.54, 1.807) is 0 Å². The van der Waals surface area contributed by atoms with E-state index in [2.05, 4.69) is 23.2 Å². The van der Waals surface area contributed by atoms with Gasteiger partial charge in [0.2, 0.25) is 17.7 Å². The molecule has 2 aliphatic heterocycles. The molecule has 6 nitrogen and oxygen atoms in total. The normalized spacial score (nSPS) is 26.7. The van der Waals surface area contributed by atoms with Gasteiger partial charge < -0.3 is 4.90 Å². The monoisotopic (exact) mass is 487 g/mol. The highest BCUT2D eigenvalue weighted by Crippen LogP contribution is 2.53. The summed E-state index contributed by atoms with van der Waals surface area (Å²) in [7, 11) is 0. The lowest BCUT2D eigenvalue weighted by Crippen LogP contribution is -2.32.